The molecule has 1 nitrogen and oxygen atoms in total. The van der Waals surface area contributed by atoms with Crippen molar-refractivity contribution < 1.29 is 4.43 Å². The molecule has 0 bridgehead atoms. The first-order chi connectivity index (χ1) is 7.14. The van der Waals surface area contributed by atoms with Gasteiger partial charge >= 0.3 is 0 Å². The van der Waals surface area contributed by atoms with Gasteiger partial charge in [0.25, 0.3) is 0 Å². The zero-order valence-electron chi connectivity index (χ0n) is 9.71. The van der Waals surface area contributed by atoms with Gasteiger partial charge in [0.2, 0.25) is 8.32 Å². The second kappa shape index (κ2) is 6.86. The van der Waals surface area contributed by atoms with Crippen LogP contribution in [0.1, 0.15) is 32.1 Å². The summed E-state index contributed by atoms with van der Waals surface area (Å²) in [6, 6.07) is 0. The Morgan fingerprint density at radius 3 is 3.07 bits per heavy atom. The van der Waals surface area contributed by atoms with Crippen LogP contribution in [0.15, 0.2) is 21.9 Å². The van der Waals surface area contributed by atoms with Crippen LogP contribution in [0.4, 0.5) is 0 Å². The number of halogens is 1. The second-order valence-corrected chi connectivity index (χ2v) is 9.11. The first-order valence-electron chi connectivity index (χ1n) is 5.75. The molecular weight excluding hydrogens is 315 g/mol. The molecule has 0 saturated carbocycles. The van der Waals surface area contributed by atoms with Gasteiger partial charge in [-0.1, -0.05) is 40.4 Å². The zero-order valence-corrected chi connectivity index (χ0v) is 12.9. The summed E-state index contributed by atoms with van der Waals surface area (Å²) in [6.07, 6.45) is 11.1. The Kier molecular flexibility index (Phi) is 6.15. The average molecular weight is 336 g/mol. The van der Waals surface area contributed by atoms with Crippen LogP contribution in [-0.4, -0.2) is 14.4 Å². The zero-order chi connectivity index (χ0) is 11.1. The fourth-order valence-corrected chi connectivity index (χ4v) is 4.17. The van der Waals surface area contributed by atoms with Crippen LogP contribution >= 0.6 is 22.6 Å². The largest absolute Gasteiger partial charge is 0.411 e. The van der Waals surface area contributed by atoms with Gasteiger partial charge in [-0.05, 0) is 49.3 Å². The van der Waals surface area contributed by atoms with Crippen molar-refractivity contribution in [1.82, 2.24) is 0 Å². The van der Waals surface area contributed by atoms with E-state index in [4.69, 9.17) is 4.43 Å². The third kappa shape index (κ3) is 5.87. The maximum absolute atomic E-state index is 6.21. The fraction of sp³-hybridized carbons (Fsp3) is 0.667. The molecule has 0 spiro atoms. The molecule has 1 unspecified atom stereocenters. The van der Waals surface area contributed by atoms with Gasteiger partial charge in [0, 0.05) is 6.10 Å². The summed E-state index contributed by atoms with van der Waals surface area (Å²) in [5.74, 6) is 0. The molecule has 0 aromatic rings. The highest BCUT2D eigenvalue weighted by atomic mass is 127. The van der Waals surface area contributed by atoms with Crippen molar-refractivity contribution in [2.24, 2.45) is 0 Å². The summed E-state index contributed by atoms with van der Waals surface area (Å²) in [6.45, 7) is 4.57. The van der Waals surface area contributed by atoms with E-state index >= 15 is 0 Å². The van der Waals surface area contributed by atoms with E-state index in [0.29, 0.717) is 6.10 Å². The number of hydrogen-bond acceptors (Lipinski definition) is 1. The van der Waals surface area contributed by atoms with Crippen LogP contribution < -0.4 is 0 Å². The first kappa shape index (κ1) is 13.5. The van der Waals surface area contributed by atoms with Crippen LogP contribution in [-0.2, 0) is 4.43 Å². The summed E-state index contributed by atoms with van der Waals surface area (Å²) in [7, 11) is -1.47. The molecule has 0 N–H and O–H groups in total. The Labute approximate surface area is 108 Å². The van der Waals surface area contributed by atoms with Crippen molar-refractivity contribution in [2.75, 3.05) is 0 Å². The minimum absolute atomic E-state index is 0.504. The van der Waals surface area contributed by atoms with E-state index in [0.717, 1.165) is 0 Å². The fourth-order valence-electron chi connectivity index (χ4n) is 1.91. The quantitative estimate of drug-likeness (QED) is 0.415. The number of rotatable bonds is 4. The summed E-state index contributed by atoms with van der Waals surface area (Å²) in [4.78, 5) is 0. The van der Waals surface area contributed by atoms with Gasteiger partial charge in [-0.25, -0.2) is 0 Å². The highest BCUT2D eigenvalue weighted by Gasteiger charge is 2.25. The van der Waals surface area contributed by atoms with E-state index in [1.807, 2.05) is 0 Å². The highest BCUT2D eigenvalue weighted by molar-refractivity contribution is 14.1. The third-order valence-corrected chi connectivity index (χ3v) is 5.12. The van der Waals surface area contributed by atoms with E-state index < -0.39 is 8.32 Å². The number of allylic oxidation sites excluding steroid dienone is 2. The van der Waals surface area contributed by atoms with Gasteiger partial charge in [-0.15, -0.1) is 0 Å². The third-order valence-electron chi connectivity index (χ3n) is 2.63. The van der Waals surface area contributed by atoms with E-state index in [1.165, 1.54) is 32.1 Å². The van der Waals surface area contributed by atoms with Gasteiger partial charge in [-0.2, -0.15) is 0 Å². The Morgan fingerprint density at radius 2 is 2.33 bits per heavy atom. The Balaban J connectivity index is 2.30. The van der Waals surface area contributed by atoms with E-state index in [-0.39, 0.29) is 0 Å². The molecule has 0 amide bonds. The lowest BCUT2D eigenvalue weighted by Gasteiger charge is -2.24. The minimum Gasteiger partial charge on any atom is -0.411 e. The molecule has 0 saturated heterocycles. The first-order valence-corrected chi connectivity index (χ1v) is 9.98. The molecule has 0 aliphatic carbocycles. The molecule has 86 valence electrons. The molecule has 0 aromatic heterocycles. The molecule has 1 aliphatic rings. The van der Waals surface area contributed by atoms with E-state index in [2.05, 4.69) is 57.6 Å². The number of hydrogen-bond donors (Lipinski definition) is 0. The van der Waals surface area contributed by atoms with Gasteiger partial charge in [0.1, 0.15) is 0 Å². The molecule has 3 heteroatoms. The normalized spacial score (nSPS) is 25.7. The Bertz CT molecular complexity index is 236. The van der Waals surface area contributed by atoms with Gasteiger partial charge in [-0.3, -0.25) is 0 Å². The number of unbranched alkanes of at least 4 members (excludes halogenated alkanes) is 1. The molecule has 1 heterocycles. The summed E-state index contributed by atoms with van der Waals surface area (Å²) in [5.41, 5.74) is 2.33. The van der Waals surface area contributed by atoms with Crippen molar-refractivity contribution in [2.45, 2.75) is 51.3 Å². The molecule has 0 fully saturated rings. The minimum atomic E-state index is -1.47. The van der Waals surface area contributed by atoms with Crippen molar-refractivity contribution in [3.63, 3.8) is 0 Å². The van der Waals surface area contributed by atoms with Crippen LogP contribution in [0, 0.1) is 0 Å². The van der Waals surface area contributed by atoms with Crippen molar-refractivity contribution in [3.05, 3.63) is 21.9 Å². The van der Waals surface area contributed by atoms with Gasteiger partial charge < -0.3 is 4.43 Å². The van der Waals surface area contributed by atoms with Crippen molar-refractivity contribution >= 4 is 30.9 Å². The monoisotopic (exact) mass is 336 g/mol. The van der Waals surface area contributed by atoms with Crippen LogP contribution in [0.3, 0.4) is 0 Å². The topological polar surface area (TPSA) is 9.23 Å². The maximum atomic E-state index is 6.21. The molecule has 1 rings (SSSR count). The smallest absolute Gasteiger partial charge is 0.211 e. The van der Waals surface area contributed by atoms with Crippen LogP contribution in [0.25, 0.3) is 0 Å². The molecule has 1 aliphatic heterocycles. The lowest BCUT2D eigenvalue weighted by atomic mass is 10.1. The molecule has 0 radical (unpaired) electrons. The summed E-state index contributed by atoms with van der Waals surface area (Å²) in [5, 5.41) is 0. The Morgan fingerprint density at radius 1 is 1.53 bits per heavy atom. The standard InChI is InChI=1S/C12H21IOSi/c1-15(2)11-7-5-9-12(14-15)8-4-3-6-10-13/h6-7,10-12H,3-5,8-9H2,1-2H3/b10-6-. The van der Waals surface area contributed by atoms with E-state index in [9.17, 15) is 0 Å². The second-order valence-electron chi connectivity index (χ2n) is 4.62. The molecule has 1 atom stereocenters. The molecule has 15 heavy (non-hydrogen) atoms. The lowest BCUT2D eigenvalue weighted by molar-refractivity contribution is 0.177. The summed E-state index contributed by atoms with van der Waals surface area (Å²) < 4.78 is 8.31. The van der Waals surface area contributed by atoms with Crippen LogP contribution in [0.5, 0.6) is 0 Å². The predicted molar refractivity (Wildman–Crippen MR) is 77.7 cm³/mol. The van der Waals surface area contributed by atoms with Gasteiger partial charge in [0.05, 0.1) is 0 Å². The Hall–Kier alpha value is 0.387. The predicted octanol–water partition coefficient (Wildman–Crippen LogP) is 4.58. The van der Waals surface area contributed by atoms with Crippen molar-refractivity contribution in [1.29, 1.82) is 0 Å². The average Bonchev–Trinajstić information content (AvgIpc) is 2.34. The highest BCUT2D eigenvalue weighted by Crippen LogP contribution is 2.21. The molecule has 0 aromatic carbocycles. The lowest BCUT2D eigenvalue weighted by Crippen LogP contribution is -2.32. The molecular formula is C12H21IOSi. The van der Waals surface area contributed by atoms with E-state index in [1.54, 1.807) is 0 Å². The SMILES string of the molecule is C[Si]1(C)C=CCCC(CCC/C=C\I)O1. The van der Waals surface area contributed by atoms with Crippen LogP contribution in [0.2, 0.25) is 13.1 Å². The maximum Gasteiger partial charge on any atom is 0.211 e. The van der Waals surface area contributed by atoms with Crippen molar-refractivity contribution in [3.8, 4) is 0 Å². The van der Waals surface area contributed by atoms with Gasteiger partial charge in [0.15, 0.2) is 0 Å². The summed E-state index contributed by atoms with van der Waals surface area (Å²) >= 11 is 2.28.